The van der Waals surface area contributed by atoms with E-state index in [4.69, 9.17) is 5.26 Å². The van der Waals surface area contributed by atoms with Crippen LogP contribution in [-0.2, 0) is 5.60 Å². The highest BCUT2D eigenvalue weighted by Crippen LogP contribution is 2.40. The van der Waals surface area contributed by atoms with Gasteiger partial charge in [0.2, 0.25) is 0 Å². The van der Waals surface area contributed by atoms with E-state index in [1.54, 1.807) is 0 Å². The maximum absolute atomic E-state index is 11.1. The summed E-state index contributed by atoms with van der Waals surface area (Å²) in [4.78, 5) is 0. The van der Waals surface area contributed by atoms with Crippen LogP contribution >= 0.6 is 0 Å². The molecule has 2 bridgehead atoms. The summed E-state index contributed by atoms with van der Waals surface area (Å²) in [5.41, 5.74) is 1.90. The lowest BCUT2D eigenvalue weighted by Crippen LogP contribution is -2.54. The average molecular weight is 256 g/mol. The van der Waals surface area contributed by atoms with Gasteiger partial charge in [-0.1, -0.05) is 12.5 Å². The summed E-state index contributed by atoms with van der Waals surface area (Å²) in [5, 5.41) is 23.8. The van der Waals surface area contributed by atoms with Gasteiger partial charge in [-0.15, -0.1) is 0 Å². The van der Waals surface area contributed by atoms with Crippen LogP contribution < -0.4 is 5.32 Å². The molecule has 3 heteroatoms. The number of benzene rings is 1. The van der Waals surface area contributed by atoms with Gasteiger partial charge in [0, 0.05) is 12.1 Å². The SMILES string of the molecule is Cc1ccc(C#N)cc1C1(O)CC2CCCC(C1)N2. The first-order chi connectivity index (χ1) is 9.10. The summed E-state index contributed by atoms with van der Waals surface area (Å²) in [7, 11) is 0. The third-order valence-electron chi connectivity index (χ3n) is 4.61. The molecule has 2 heterocycles. The van der Waals surface area contributed by atoms with E-state index >= 15 is 0 Å². The number of nitriles is 1. The van der Waals surface area contributed by atoms with Crippen molar-refractivity contribution in [2.45, 2.75) is 56.7 Å². The number of nitrogens with zero attached hydrogens (tertiary/aromatic N) is 1. The van der Waals surface area contributed by atoms with E-state index in [1.807, 2.05) is 25.1 Å². The maximum atomic E-state index is 11.1. The summed E-state index contributed by atoms with van der Waals surface area (Å²) in [6.45, 7) is 2.02. The molecule has 2 aliphatic heterocycles. The van der Waals surface area contributed by atoms with Crippen LogP contribution in [0.3, 0.4) is 0 Å². The van der Waals surface area contributed by atoms with Gasteiger partial charge in [-0.2, -0.15) is 5.26 Å². The second-order valence-electron chi connectivity index (χ2n) is 6.07. The third kappa shape index (κ3) is 2.27. The standard InChI is InChI=1S/C16H20N2O/c1-11-5-6-12(10-17)7-15(11)16(19)8-13-3-2-4-14(9-16)18-13/h5-7,13-14,18-19H,2-4,8-9H2,1H3. The van der Waals surface area contributed by atoms with E-state index in [1.165, 1.54) is 6.42 Å². The normalized spacial score (nSPS) is 33.7. The van der Waals surface area contributed by atoms with Crippen LogP contribution in [0.2, 0.25) is 0 Å². The largest absolute Gasteiger partial charge is 0.385 e. The molecule has 0 saturated carbocycles. The summed E-state index contributed by atoms with van der Waals surface area (Å²) in [6, 6.07) is 8.66. The number of fused-ring (bicyclic) bond motifs is 2. The summed E-state index contributed by atoms with van der Waals surface area (Å²) < 4.78 is 0. The molecule has 2 fully saturated rings. The molecule has 2 saturated heterocycles. The Morgan fingerprint density at radius 1 is 1.32 bits per heavy atom. The first kappa shape index (κ1) is 12.7. The van der Waals surface area contributed by atoms with Crippen LogP contribution in [0.4, 0.5) is 0 Å². The number of piperidine rings is 2. The summed E-state index contributed by atoms with van der Waals surface area (Å²) >= 11 is 0. The Labute approximate surface area is 114 Å². The highest BCUT2D eigenvalue weighted by Gasteiger charge is 2.42. The molecular weight excluding hydrogens is 236 g/mol. The van der Waals surface area contributed by atoms with Gasteiger partial charge in [-0.3, -0.25) is 0 Å². The van der Waals surface area contributed by atoms with Crippen LogP contribution in [0.25, 0.3) is 0 Å². The lowest BCUT2D eigenvalue weighted by atomic mass is 9.72. The highest BCUT2D eigenvalue weighted by molar-refractivity contribution is 5.41. The molecule has 2 aliphatic rings. The number of aliphatic hydroxyl groups is 1. The molecule has 100 valence electrons. The van der Waals surface area contributed by atoms with Crippen molar-refractivity contribution in [2.24, 2.45) is 0 Å². The first-order valence-electron chi connectivity index (χ1n) is 7.10. The topological polar surface area (TPSA) is 56.0 Å². The fraction of sp³-hybridized carbons (Fsp3) is 0.562. The first-order valence-corrected chi connectivity index (χ1v) is 7.10. The minimum atomic E-state index is -0.766. The van der Waals surface area contributed by atoms with Gasteiger partial charge in [0.05, 0.1) is 17.2 Å². The number of hydrogen-bond acceptors (Lipinski definition) is 3. The van der Waals surface area contributed by atoms with Crippen molar-refractivity contribution in [3.8, 4) is 6.07 Å². The summed E-state index contributed by atoms with van der Waals surface area (Å²) in [5.74, 6) is 0. The maximum Gasteiger partial charge on any atom is 0.0991 e. The quantitative estimate of drug-likeness (QED) is 0.811. The molecular formula is C16H20N2O. The Balaban J connectivity index is 1.98. The van der Waals surface area contributed by atoms with Gasteiger partial charge in [0.15, 0.2) is 0 Å². The number of nitrogens with one attached hydrogen (secondary N) is 1. The molecule has 2 N–H and O–H groups in total. The van der Waals surface area contributed by atoms with Crippen LogP contribution in [0.1, 0.15) is 48.8 Å². The van der Waals surface area contributed by atoms with Gasteiger partial charge in [-0.25, -0.2) is 0 Å². The lowest BCUT2D eigenvalue weighted by Gasteiger charge is -2.46. The van der Waals surface area contributed by atoms with Crippen molar-refractivity contribution in [1.82, 2.24) is 5.32 Å². The molecule has 3 rings (SSSR count). The molecule has 3 nitrogen and oxygen atoms in total. The van der Waals surface area contributed by atoms with E-state index in [0.29, 0.717) is 17.6 Å². The molecule has 0 radical (unpaired) electrons. The molecule has 2 unspecified atom stereocenters. The average Bonchev–Trinajstić information content (AvgIpc) is 2.38. The van der Waals surface area contributed by atoms with Gasteiger partial charge < -0.3 is 10.4 Å². The number of aryl methyl sites for hydroxylation is 1. The Hall–Kier alpha value is -1.37. The van der Waals surface area contributed by atoms with Crippen molar-refractivity contribution in [3.63, 3.8) is 0 Å². The Morgan fingerprint density at radius 3 is 2.63 bits per heavy atom. The van der Waals surface area contributed by atoms with Crippen molar-refractivity contribution in [2.75, 3.05) is 0 Å². The van der Waals surface area contributed by atoms with Crippen molar-refractivity contribution < 1.29 is 5.11 Å². The van der Waals surface area contributed by atoms with E-state index in [9.17, 15) is 5.11 Å². The molecule has 19 heavy (non-hydrogen) atoms. The number of rotatable bonds is 1. The predicted octanol–water partition coefficient (Wildman–Crippen LogP) is 2.36. The molecule has 0 amide bonds. The fourth-order valence-electron chi connectivity index (χ4n) is 3.74. The lowest BCUT2D eigenvalue weighted by molar-refractivity contribution is -0.0363. The molecule has 0 spiro atoms. The monoisotopic (exact) mass is 256 g/mol. The van der Waals surface area contributed by atoms with E-state index in [2.05, 4.69) is 11.4 Å². The van der Waals surface area contributed by atoms with E-state index in [0.717, 1.165) is 36.8 Å². The molecule has 1 aromatic carbocycles. The molecule has 0 aromatic heterocycles. The third-order valence-corrected chi connectivity index (χ3v) is 4.61. The Morgan fingerprint density at radius 2 is 2.00 bits per heavy atom. The minimum Gasteiger partial charge on any atom is -0.385 e. The van der Waals surface area contributed by atoms with Gasteiger partial charge in [0.25, 0.3) is 0 Å². The van der Waals surface area contributed by atoms with Crippen molar-refractivity contribution in [3.05, 3.63) is 34.9 Å². The van der Waals surface area contributed by atoms with Crippen LogP contribution in [0.15, 0.2) is 18.2 Å². The Kier molecular flexibility index (Phi) is 3.08. The summed E-state index contributed by atoms with van der Waals surface area (Å²) in [6.07, 6.45) is 5.08. The second-order valence-corrected chi connectivity index (χ2v) is 6.07. The fourth-order valence-corrected chi connectivity index (χ4v) is 3.74. The van der Waals surface area contributed by atoms with Crippen LogP contribution in [0, 0.1) is 18.3 Å². The smallest absolute Gasteiger partial charge is 0.0991 e. The van der Waals surface area contributed by atoms with Crippen molar-refractivity contribution in [1.29, 1.82) is 5.26 Å². The van der Waals surface area contributed by atoms with Crippen molar-refractivity contribution >= 4 is 0 Å². The zero-order valence-electron chi connectivity index (χ0n) is 11.3. The van der Waals surface area contributed by atoms with E-state index < -0.39 is 5.60 Å². The predicted molar refractivity (Wildman–Crippen MR) is 73.6 cm³/mol. The zero-order valence-corrected chi connectivity index (χ0v) is 11.3. The second kappa shape index (κ2) is 4.63. The minimum absolute atomic E-state index is 0.419. The van der Waals surface area contributed by atoms with Crippen LogP contribution in [0.5, 0.6) is 0 Å². The zero-order chi connectivity index (χ0) is 13.5. The van der Waals surface area contributed by atoms with Gasteiger partial charge in [0.1, 0.15) is 0 Å². The van der Waals surface area contributed by atoms with E-state index in [-0.39, 0.29) is 0 Å². The molecule has 0 aliphatic carbocycles. The van der Waals surface area contributed by atoms with Gasteiger partial charge >= 0.3 is 0 Å². The highest BCUT2D eigenvalue weighted by atomic mass is 16.3. The molecule has 1 aromatic rings. The number of hydrogen-bond donors (Lipinski definition) is 2. The molecule has 2 atom stereocenters. The Bertz CT molecular complexity index is 520. The van der Waals surface area contributed by atoms with Gasteiger partial charge in [-0.05, 0) is 55.9 Å². The van der Waals surface area contributed by atoms with Crippen LogP contribution in [-0.4, -0.2) is 17.2 Å².